The zero-order valence-electron chi connectivity index (χ0n) is 18.1. The Morgan fingerprint density at radius 2 is 2.06 bits per heavy atom. The van der Waals surface area contributed by atoms with Gasteiger partial charge in [0.1, 0.15) is 5.75 Å². The maximum Gasteiger partial charge on any atom is 0.253 e. The predicted octanol–water partition coefficient (Wildman–Crippen LogP) is 5.80. The number of pyridine rings is 1. The summed E-state index contributed by atoms with van der Waals surface area (Å²) in [6.07, 6.45) is 8.02. The van der Waals surface area contributed by atoms with Gasteiger partial charge in [-0.15, -0.1) is 0 Å². The Kier molecular flexibility index (Phi) is 5.43. The van der Waals surface area contributed by atoms with Crippen molar-refractivity contribution in [3.05, 3.63) is 57.9 Å². The van der Waals surface area contributed by atoms with Crippen LogP contribution in [0.5, 0.6) is 5.75 Å². The van der Waals surface area contributed by atoms with Gasteiger partial charge >= 0.3 is 0 Å². The van der Waals surface area contributed by atoms with Gasteiger partial charge in [0.15, 0.2) is 5.13 Å². The van der Waals surface area contributed by atoms with E-state index in [0.29, 0.717) is 27.9 Å². The number of aromatic nitrogens is 4. The molecule has 7 nitrogen and oxygen atoms in total. The molecule has 0 spiro atoms. The standard InChI is InChI=1S/C23H24ClN5O2S/c1-12(2)31-20-8-18-14(7-17(20)24)6-16(22(30)28-18)13(3)27-23-26-10-21(32-23)19-9-25-11-29(19)15-4-5-15/h6-13,15H,4-5H2,1-3H3,(H,26,27)(H,28,30)/t13-/m0/s1. The summed E-state index contributed by atoms with van der Waals surface area (Å²) in [7, 11) is 0. The molecule has 0 aliphatic heterocycles. The van der Waals surface area contributed by atoms with E-state index in [9.17, 15) is 4.79 Å². The average Bonchev–Trinajstić information content (AvgIpc) is 3.28. The summed E-state index contributed by atoms with van der Waals surface area (Å²) in [5.41, 5.74) is 2.24. The van der Waals surface area contributed by atoms with Crippen molar-refractivity contribution in [3.63, 3.8) is 0 Å². The van der Waals surface area contributed by atoms with E-state index < -0.39 is 0 Å². The smallest absolute Gasteiger partial charge is 0.253 e. The molecule has 1 aliphatic carbocycles. The largest absolute Gasteiger partial charge is 0.489 e. The first-order valence-electron chi connectivity index (χ1n) is 10.7. The number of anilines is 1. The molecular formula is C23H24ClN5O2S. The van der Waals surface area contributed by atoms with Gasteiger partial charge in [0.25, 0.3) is 5.56 Å². The summed E-state index contributed by atoms with van der Waals surface area (Å²) < 4.78 is 7.95. The molecule has 0 amide bonds. The molecule has 4 aromatic rings. The fourth-order valence-electron chi connectivity index (χ4n) is 3.75. The van der Waals surface area contributed by atoms with Crippen molar-refractivity contribution >= 4 is 39.0 Å². The second-order valence-electron chi connectivity index (χ2n) is 8.40. The lowest BCUT2D eigenvalue weighted by molar-refractivity contribution is 0.243. The Morgan fingerprint density at radius 3 is 2.81 bits per heavy atom. The van der Waals surface area contributed by atoms with Gasteiger partial charge in [-0.05, 0) is 45.7 Å². The van der Waals surface area contributed by atoms with Crippen LogP contribution in [0.3, 0.4) is 0 Å². The number of rotatable bonds is 7. The van der Waals surface area contributed by atoms with Gasteiger partial charge in [0.2, 0.25) is 0 Å². The molecule has 166 valence electrons. The SMILES string of the molecule is CC(C)Oc1cc2[nH]c(=O)c([C@H](C)Nc3ncc(-c4cncn4C4CC4)s3)cc2cc1Cl. The van der Waals surface area contributed by atoms with Gasteiger partial charge in [-0.25, -0.2) is 9.97 Å². The van der Waals surface area contributed by atoms with E-state index in [1.807, 2.05) is 51.6 Å². The van der Waals surface area contributed by atoms with E-state index in [1.54, 1.807) is 17.4 Å². The van der Waals surface area contributed by atoms with Crippen molar-refractivity contribution in [2.24, 2.45) is 0 Å². The van der Waals surface area contributed by atoms with Crippen molar-refractivity contribution in [1.29, 1.82) is 0 Å². The third-order valence-electron chi connectivity index (χ3n) is 5.46. The fourth-order valence-corrected chi connectivity index (χ4v) is 4.89. The fraction of sp³-hybridized carbons (Fsp3) is 0.348. The summed E-state index contributed by atoms with van der Waals surface area (Å²) in [5.74, 6) is 0.560. The predicted molar refractivity (Wildman–Crippen MR) is 129 cm³/mol. The summed E-state index contributed by atoms with van der Waals surface area (Å²) in [6, 6.07) is 5.78. The number of ether oxygens (including phenoxy) is 1. The number of benzene rings is 1. The number of halogens is 1. The van der Waals surface area contributed by atoms with Gasteiger partial charge in [-0.1, -0.05) is 22.9 Å². The molecule has 1 fully saturated rings. The summed E-state index contributed by atoms with van der Waals surface area (Å²) >= 11 is 7.95. The number of H-pyrrole nitrogens is 1. The number of nitrogens with one attached hydrogen (secondary N) is 2. The first kappa shape index (κ1) is 21.0. The van der Waals surface area contributed by atoms with Crippen LogP contribution >= 0.6 is 22.9 Å². The molecule has 1 atom stereocenters. The lowest BCUT2D eigenvalue weighted by Gasteiger charge is -2.15. The lowest BCUT2D eigenvalue weighted by atomic mass is 10.1. The molecule has 0 saturated heterocycles. The summed E-state index contributed by atoms with van der Waals surface area (Å²) in [6.45, 7) is 5.82. The van der Waals surface area contributed by atoms with Crippen molar-refractivity contribution in [2.45, 2.75) is 51.8 Å². The zero-order chi connectivity index (χ0) is 22.4. The van der Waals surface area contributed by atoms with Crippen molar-refractivity contribution in [1.82, 2.24) is 19.5 Å². The molecule has 0 radical (unpaired) electrons. The number of aromatic amines is 1. The maximum atomic E-state index is 12.8. The van der Waals surface area contributed by atoms with Crippen LogP contribution in [0.4, 0.5) is 5.13 Å². The third-order valence-corrected chi connectivity index (χ3v) is 6.71. The van der Waals surface area contributed by atoms with Crippen LogP contribution in [-0.2, 0) is 0 Å². The molecule has 1 aromatic carbocycles. The molecule has 3 aromatic heterocycles. The van der Waals surface area contributed by atoms with E-state index >= 15 is 0 Å². The molecule has 3 heterocycles. The Hall–Kier alpha value is -2.84. The molecule has 32 heavy (non-hydrogen) atoms. The van der Waals surface area contributed by atoms with E-state index in [4.69, 9.17) is 16.3 Å². The monoisotopic (exact) mass is 469 g/mol. The highest BCUT2D eigenvalue weighted by Gasteiger charge is 2.26. The number of imidazole rings is 1. The van der Waals surface area contributed by atoms with Crippen LogP contribution in [0, 0.1) is 0 Å². The number of hydrogen-bond acceptors (Lipinski definition) is 6. The van der Waals surface area contributed by atoms with Gasteiger partial charge in [0.05, 0.1) is 45.8 Å². The Bertz CT molecular complexity index is 1340. The Balaban J connectivity index is 1.39. The number of hydrogen-bond donors (Lipinski definition) is 2. The lowest BCUT2D eigenvalue weighted by Crippen LogP contribution is -2.19. The van der Waals surface area contributed by atoms with Crippen LogP contribution in [0.15, 0.2) is 41.7 Å². The van der Waals surface area contributed by atoms with Crippen molar-refractivity contribution in [2.75, 3.05) is 5.32 Å². The second-order valence-corrected chi connectivity index (χ2v) is 9.84. The summed E-state index contributed by atoms with van der Waals surface area (Å²) in [4.78, 5) is 25.6. The first-order valence-corrected chi connectivity index (χ1v) is 11.9. The average molecular weight is 470 g/mol. The molecule has 2 N–H and O–H groups in total. The Labute approximate surface area is 194 Å². The van der Waals surface area contributed by atoms with E-state index in [2.05, 4.69) is 24.8 Å². The van der Waals surface area contributed by atoms with Crippen molar-refractivity contribution in [3.8, 4) is 16.3 Å². The van der Waals surface area contributed by atoms with E-state index in [1.165, 1.54) is 12.8 Å². The van der Waals surface area contributed by atoms with Gasteiger partial charge < -0.3 is 19.6 Å². The number of fused-ring (bicyclic) bond motifs is 1. The number of thiazole rings is 1. The Morgan fingerprint density at radius 1 is 1.25 bits per heavy atom. The molecule has 0 unspecified atom stereocenters. The maximum absolute atomic E-state index is 12.8. The van der Waals surface area contributed by atoms with Crippen LogP contribution in [0.2, 0.25) is 5.02 Å². The topological polar surface area (TPSA) is 84.8 Å². The molecule has 0 bridgehead atoms. The van der Waals surface area contributed by atoms with Crippen molar-refractivity contribution < 1.29 is 4.74 Å². The molecule has 5 rings (SSSR count). The highest BCUT2D eigenvalue weighted by Crippen LogP contribution is 2.40. The van der Waals surface area contributed by atoms with Gasteiger partial charge in [-0.3, -0.25) is 4.79 Å². The van der Waals surface area contributed by atoms with Crippen LogP contribution in [0.1, 0.15) is 51.3 Å². The van der Waals surface area contributed by atoms with Gasteiger partial charge in [0, 0.05) is 29.3 Å². The molecule has 1 saturated carbocycles. The summed E-state index contributed by atoms with van der Waals surface area (Å²) in [5, 5.41) is 5.49. The van der Waals surface area contributed by atoms with E-state index in [-0.39, 0.29) is 17.7 Å². The minimum atomic E-state index is -0.235. The minimum Gasteiger partial charge on any atom is -0.489 e. The van der Waals surface area contributed by atoms with Crippen LogP contribution < -0.4 is 15.6 Å². The molecular weight excluding hydrogens is 446 g/mol. The minimum absolute atomic E-state index is 0.00809. The third kappa shape index (κ3) is 4.12. The van der Waals surface area contributed by atoms with Crippen LogP contribution in [-0.4, -0.2) is 25.6 Å². The van der Waals surface area contributed by atoms with Crippen LogP contribution in [0.25, 0.3) is 21.5 Å². The van der Waals surface area contributed by atoms with Gasteiger partial charge in [-0.2, -0.15) is 0 Å². The zero-order valence-corrected chi connectivity index (χ0v) is 19.6. The normalized spacial score (nSPS) is 14.8. The quantitative estimate of drug-likeness (QED) is 0.357. The molecule has 1 aliphatic rings. The highest BCUT2D eigenvalue weighted by atomic mass is 35.5. The molecule has 9 heteroatoms. The second kappa shape index (κ2) is 8.26. The number of nitrogens with zero attached hydrogens (tertiary/aromatic N) is 3. The van der Waals surface area contributed by atoms with E-state index in [0.717, 1.165) is 21.1 Å². The highest BCUT2D eigenvalue weighted by molar-refractivity contribution is 7.18. The first-order chi connectivity index (χ1) is 15.4.